The first-order chi connectivity index (χ1) is 7.79. The molecule has 0 saturated carbocycles. The van der Waals surface area contributed by atoms with Gasteiger partial charge in [0.2, 0.25) is 0 Å². The first-order valence-corrected chi connectivity index (χ1v) is 6.97. The van der Waals surface area contributed by atoms with Gasteiger partial charge in [0.25, 0.3) is 0 Å². The third-order valence-corrected chi connectivity index (χ3v) is 3.66. The highest BCUT2D eigenvalue weighted by Gasteiger charge is 2.13. The Bertz CT molecular complexity index is 304. The number of halogens is 1. The molecule has 1 aromatic rings. The number of benzene rings is 1. The third kappa shape index (κ3) is 4.14. The van der Waals surface area contributed by atoms with E-state index >= 15 is 0 Å². The molecule has 1 unspecified atom stereocenters. The van der Waals surface area contributed by atoms with Crippen molar-refractivity contribution in [1.82, 2.24) is 0 Å². The van der Waals surface area contributed by atoms with Gasteiger partial charge in [0.05, 0.1) is 0 Å². The summed E-state index contributed by atoms with van der Waals surface area (Å²) in [7, 11) is 0. The second-order valence-corrected chi connectivity index (χ2v) is 5.19. The number of hydrogen-bond donors (Lipinski definition) is 1. The summed E-state index contributed by atoms with van der Waals surface area (Å²) in [4.78, 5) is 0. The fraction of sp³-hybridized carbons (Fsp3) is 0.538. The van der Waals surface area contributed by atoms with E-state index in [1.165, 1.54) is 6.07 Å². The Morgan fingerprint density at radius 2 is 2.12 bits per heavy atom. The van der Waals surface area contributed by atoms with Crippen molar-refractivity contribution in [1.29, 1.82) is 0 Å². The standard InChI is InChI=1S/C13H20FNS/c1-2-16-9-5-6-11(10-15)12-7-3-4-8-13(12)14/h3-4,7-8,11H,2,5-6,9-10,15H2,1H3. The minimum Gasteiger partial charge on any atom is -0.330 e. The van der Waals surface area contributed by atoms with Crippen LogP contribution < -0.4 is 5.73 Å². The lowest BCUT2D eigenvalue weighted by molar-refractivity contribution is 0.555. The first kappa shape index (κ1) is 13.5. The second-order valence-electron chi connectivity index (χ2n) is 3.79. The van der Waals surface area contributed by atoms with Gasteiger partial charge in [-0.25, -0.2) is 4.39 Å². The quantitative estimate of drug-likeness (QED) is 0.740. The summed E-state index contributed by atoms with van der Waals surface area (Å²) in [6, 6.07) is 6.96. The third-order valence-electron chi connectivity index (χ3n) is 2.67. The normalized spacial score (nSPS) is 12.7. The highest BCUT2D eigenvalue weighted by Crippen LogP contribution is 2.23. The molecule has 0 fully saturated rings. The lowest BCUT2D eigenvalue weighted by atomic mass is 9.94. The molecule has 0 aromatic heterocycles. The van der Waals surface area contributed by atoms with Gasteiger partial charge in [0, 0.05) is 0 Å². The Kier molecular flexibility index (Phi) is 6.50. The van der Waals surface area contributed by atoms with Crippen molar-refractivity contribution < 1.29 is 4.39 Å². The van der Waals surface area contributed by atoms with Gasteiger partial charge in [0.1, 0.15) is 5.82 Å². The fourth-order valence-electron chi connectivity index (χ4n) is 1.78. The largest absolute Gasteiger partial charge is 0.330 e. The SMILES string of the molecule is CCSCCCC(CN)c1ccccc1F. The topological polar surface area (TPSA) is 26.0 Å². The fourth-order valence-corrected chi connectivity index (χ4v) is 2.44. The van der Waals surface area contributed by atoms with Gasteiger partial charge in [-0.1, -0.05) is 25.1 Å². The van der Waals surface area contributed by atoms with E-state index in [1.807, 2.05) is 23.9 Å². The zero-order valence-corrected chi connectivity index (χ0v) is 10.6. The predicted molar refractivity (Wildman–Crippen MR) is 70.4 cm³/mol. The minimum atomic E-state index is -0.124. The van der Waals surface area contributed by atoms with E-state index in [2.05, 4.69) is 6.92 Å². The van der Waals surface area contributed by atoms with Crippen LogP contribution in [-0.4, -0.2) is 18.1 Å². The summed E-state index contributed by atoms with van der Waals surface area (Å²) in [6.07, 6.45) is 2.08. The lowest BCUT2D eigenvalue weighted by Crippen LogP contribution is -2.14. The zero-order valence-electron chi connectivity index (χ0n) is 9.79. The molecule has 1 rings (SSSR count). The molecule has 0 heterocycles. The second kappa shape index (κ2) is 7.69. The van der Waals surface area contributed by atoms with E-state index in [1.54, 1.807) is 6.07 Å². The van der Waals surface area contributed by atoms with Gasteiger partial charge >= 0.3 is 0 Å². The molecule has 1 aromatic carbocycles. The van der Waals surface area contributed by atoms with Gasteiger partial charge < -0.3 is 5.73 Å². The van der Waals surface area contributed by atoms with Crippen molar-refractivity contribution in [2.75, 3.05) is 18.1 Å². The van der Waals surface area contributed by atoms with E-state index in [-0.39, 0.29) is 11.7 Å². The van der Waals surface area contributed by atoms with Gasteiger partial charge in [-0.05, 0) is 48.4 Å². The molecule has 0 aliphatic rings. The van der Waals surface area contributed by atoms with Crippen LogP contribution in [0.4, 0.5) is 4.39 Å². The zero-order chi connectivity index (χ0) is 11.8. The van der Waals surface area contributed by atoms with E-state index < -0.39 is 0 Å². The summed E-state index contributed by atoms with van der Waals surface area (Å²) in [6.45, 7) is 2.68. The summed E-state index contributed by atoms with van der Waals surface area (Å²) < 4.78 is 13.5. The Morgan fingerprint density at radius 1 is 1.38 bits per heavy atom. The van der Waals surface area contributed by atoms with Crippen LogP contribution >= 0.6 is 11.8 Å². The summed E-state index contributed by atoms with van der Waals surface area (Å²) in [5, 5.41) is 0. The molecule has 0 bridgehead atoms. The van der Waals surface area contributed by atoms with Crippen LogP contribution in [0.15, 0.2) is 24.3 Å². The molecule has 3 heteroatoms. The Balaban J connectivity index is 2.51. The predicted octanol–water partition coefficient (Wildman–Crippen LogP) is 3.40. The first-order valence-electron chi connectivity index (χ1n) is 5.81. The van der Waals surface area contributed by atoms with Crippen LogP contribution in [-0.2, 0) is 0 Å². The lowest BCUT2D eigenvalue weighted by Gasteiger charge is -2.15. The Labute approximate surface area is 102 Å². The van der Waals surface area contributed by atoms with Gasteiger partial charge in [-0.3, -0.25) is 0 Å². The molecule has 0 spiro atoms. The van der Waals surface area contributed by atoms with E-state index in [4.69, 9.17) is 5.73 Å². The maximum atomic E-state index is 13.5. The number of thioether (sulfide) groups is 1. The van der Waals surface area contributed by atoms with E-state index in [0.29, 0.717) is 6.54 Å². The summed E-state index contributed by atoms with van der Waals surface area (Å²) in [5.74, 6) is 2.33. The van der Waals surface area contributed by atoms with Gasteiger partial charge in [-0.2, -0.15) is 11.8 Å². The average Bonchev–Trinajstić information content (AvgIpc) is 2.31. The minimum absolute atomic E-state index is 0.124. The molecule has 90 valence electrons. The van der Waals surface area contributed by atoms with Gasteiger partial charge in [-0.15, -0.1) is 0 Å². The monoisotopic (exact) mass is 241 g/mol. The van der Waals surface area contributed by atoms with Crippen molar-refractivity contribution in [2.24, 2.45) is 5.73 Å². The van der Waals surface area contributed by atoms with Crippen molar-refractivity contribution in [3.63, 3.8) is 0 Å². The van der Waals surface area contributed by atoms with Crippen molar-refractivity contribution >= 4 is 11.8 Å². The highest BCUT2D eigenvalue weighted by molar-refractivity contribution is 7.99. The van der Waals surface area contributed by atoms with Crippen LogP contribution in [0, 0.1) is 5.82 Å². The van der Waals surface area contributed by atoms with Crippen LogP contribution in [0.1, 0.15) is 31.2 Å². The number of nitrogens with two attached hydrogens (primary N) is 1. The molecular weight excluding hydrogens is 221 g/mol. The van der Waals surface area contributed by atoms with E-state index in [0.717, 1.165) is 29.9 Å². The molecule has 0 saturated heterocycles. The molecule has 1 atom stereocenters. The van der Waals surface area contributed by atoms with Crippen molar-refractivity contribution in [3.05, 3.63) is 35.6 Å². The van der Waals surface area contributed by atoms with Gasteiger partial charge in [0.15, 0.2) is 0 Å². The van der Waals surface area contributed by atoms with Crippen molar-refractivity contribution in [2.45, 2.75) is 25.7 Å². The summed E-state index contributed by atoms with van der Waals surface area (Å²) >= 11 is 1.93. The molecule has 0 amide bonds. The number of rotatable bonds is 7. The maximum Gasteiger partial charge on any atom is 0.126 e. The molecule has 0 radical (unpaired) electrons. The molecule has 0 aliphatic heterocycles. The van der Waals surface area contributed by atoms with E-state index in [9.17, 15) is 4.39 Å². The Morgan fingerprint density at radius 3 is 2.75 bits per heavy atom. The Hall–Kier alpha value is -0.540. The van der Waals surface area contributed by atoms with Crippen molar-refractivity contribution in [3.8, 4) is 0 Å². The molecule has 0 aliphatic carbocycles. The molecule has 16 heavy (non-hydrogen) atoms. The smallest absolute Gasteiger partial charge is 0.126 e. The van der Waals surface area contributed by atoms with Crippen LogP contribution in [0.5, 0.6) is 0 Å². The van der Waals surface area contributed by atoms with Crippen LogP contribution in [0.25, 0.3) is 0 Å². The van der Waals surface area contributed by atoms with Crippen LogP contribution in [0.3, 0.4) is 0 Å². The molecule has 1 nitrogen and oxygen atoms in total. The summed E-state index contributed by atoms with van der Waals surface area (Å²) in [5.41, 5.74) is 6.48. The van der Waals surface area contributed by atoms with Crippen LogP contribution in [0.2, 0.25) is 0 Å². The average molecular weight is 241 g/mol. The molecular formula is C13H20FNS. The number of hydrogen-bond acceptors (Lipinski definition) is 2. The highest BCUT2D eigenvalue weighted by atomic mass is 32.2. The molecule has 2 N–H and O–H groups in total. The maximum absolute atomic E-state index is 13.5.